The molecule has 1 aromatic heterocycles. The van der Waals surface area contributed by atoms with Gasteiger partial charge < -0.3 is 5.32 Å². The van der Waals surface area contributed by atoms with Crippen molar-refractivity contribution < 1.29 is 4.79 Å². The van der Waals surface area contributed by atoms with Gasteiger partial charge >= 0.3 is 0 Å². The highest BCUT2D eigenvalue weighted by molar-refractivity contribution is 8.00. The molecule has 6 nitrogen and oxygen atoms in total. The van der Waals surface area contributed by atoms with Crippen LogP contribution in [0, 0.1) is 0 Å². The number of carbonyl (C=O) groups is 1. The Kier molecular flexibility index (Phi) is 5.89. The van der Waals surface area contributed by atoms with Crippen LogP contribution in [0.25, 0.3) is 5.69 Å². The second-order valence-electron chi connectivity index (χ2n) is 6.84. The van der Waals surface area contributed by atoms with E-state index in [1.165, 1.54) is 11.8 Å². The van der Waals surface area contributed by atoms with Crippen molar-refractivity contribution in [2.75, 3.05) is 14.1 Å². The maximum Gasteiger partial charge on any atom is 0.233 e. The molecule has 2 atom stereocenters. The number of halogens is 1. The van der Waals surface area contributed by atoms with Crippen LogP contribution in [0.5, 0.6) is 0 Å². The summed E-state index contributed by atoms with van der Waals surface area (Å²) in [6, 6.07) is 8.00. The van der Waals surface area contributed by atoms with Crippen LogP contribution in [0.3, 0.4) is 0 Å². The smallest absolute Gasteiger partial charge is 0.233 e. The average Bonchev–Trinajstić information content (AvgIpc) is 3.33. The summed E-state index contributed by atoms with van der Waals surface area (Å²) < 4.78 is 2.01. The van der Waals surface area contributed by atoms with E-state index in [1.54, 1.807) is 0 Å². The lowest BCUT2D eigenvalue weighted by atomic mass is 10.2. The van der Waals surface area contributed by atoms with E-state index in [4.69, 9.17) is 11.6 Å². The van der Waals surface area contributed by atoms with Crippen LogP contribution < -0.4 is 5.32 Å². The van der Waals surface area contributed by atoms with E-state index in [0.29, 0.717) is 16.2 Å². The topological polar surface area (TPSA) is 63.1 Å². The van der Waals surface area contributed by atoms with Crippen LogP contribution >= 0.6 is 23.4 Å². The maximum absolute atomic E-state index is 12.3. The lowest BCUT2D eigenvalue weighted by molar-refractivity contribution is -0.120. The first-order chi connectivity index (χ1) is 12.4. The summed E-state index contributed by atoms with van der Waals surface area (Å²) in [4.78, 5) is 14.4. The van der Waals surface area contributed by atoms with Gasteiger partial charge in [-0.25, -0.2) is 0 Å². The van der Waals surface area contributed by atoms with Gasteiger partial charge in [0, 0.05) is 16.8 Å². The van der Waals surface area contributed by atoms with Crippen molar-refractivity contribution in [1.29, 1.82) is 0 Å². The van der Waals surface area contributed by atoms with E-state index in [2.05, 4.69) is 27.3 Å². The van der Waals surface area contributed by atoms with E-state index in [0.717, 1.165) is 24.4 Å². The highest BCUT2D eigenvalue weighted by Gasteiger charge is 2.28. The minimum atomic E-state index is -0.242. The van der Waals surface area contributed by atoms with Gasteiger partial charge in [0.2, 0.25) is 5.91 Å². The fourth-order valence-corrected chi connectivity index (χ4v) is 3.46. The Morgan fingerprint density at radius 1 is 1.27 bits per heavy atom. The standard InChI is InChI=1S/C18H24ClN5OS/c1-11(23(3)4)16-21-22-18(24(16)15-9-5-13(19)6-10-15)26-12(2)17(25)20-14-7-8-14/h5-6,9-12,14H,7-8H2,1-4H3,(H,20,25). The number of benzene rings is 1. The van der Waals surface area contributed by atoms with Gasteiger partial charge in [-0.05, 0) is 65.0 Å². The Bertz CT molecular complexity index is 772. The Labute approximate surface area is 163 Å². The van der Waals surface area contributed by atoms with E-state index in [9.17, 15) is 4.79 Å². The normalized spacial score (nSPS) is 16.5. The molecule has 0 bridgehead atoms. The molecule has 1 heterocycles. The quantitative estimate of drug-likeness (QED) is 0.731. The molecule has 2 aromatic rings. The van der Waals surface area contributed by atoms with E-state index < -0.39 is 0 Å². The van der Waals surface area contributed by atoms with Crippen molar-refractivity contribution >= 4 is 29.3 Å². The van der Waals surface area contributed by atoms with E-state index in [-0.39, 0.29) is 17.2 Å². The predicted octanol–water partition coefficient (Wildman–Crippen LogP) is 3.30. The number of rotatable bonds is 7. The molecule has 1 aliphatic carbocycles. The third-order valence-corrected chi connectivity index (χ3v) is 5.76. The summed E-state index contributed by atoms with van der Waals surface area (Å²) in [6.07, 6.45) is 2.16. The molecular formula is C18H24ClN5OS. The first kappa shape index (κ1) is 19.2. The fourth-order valence-electron chi connectivity index (χ4n) is 2.45. The van der Waals surface area contributed by atoms with Crippen molar-refractivity contribution in [2.45, 2.75) is 49.2 Å². The van der Waals surface area contributed by atoms with Crippen molar-refractivity contribution in [1.82, 2.24) is 25.0 Å². The maximum atomic E-state index is 12.3. The fraction of sp³-hybridized carbons (Fsp3) is 0.500. The van der Waals surface area contributed by atoms with Gasteiger partial charge in [-0.15, -0.1) is 10.2 Å². The summed E-state index contributed by atoms with van der Waals surface area (Å²) >= 11 is 7.46. The van der Waals surface area contributed by atoms with Gasteiger partial charge in [-0.2, -0.15) is 0 Å². The molecule has 140 valence electrons. The molecule has 0 aliphatic heterocycles. The number of amides is 1. The second-order valence-corrected chi connectivity index (χ2v) is 8.58. The molecule has 1 amide bonds. The zero-order chi connectivity index (χ0) is 18.8. The SMILES string of the molecule is CC(Sc1nnc(C(C)N(C)C)n1-c1ccc(Cl)cc1)C(=O)NC1CC1. The lowest BCUT2D eigenvalue weighted by Gasteiger charge is -2.21. The molecule has 1 N–H and O–H groups in total. The third-order valence-electron chi connectivity index (χ3n) is 4.47. The van der Waals surface area contributed by atoms with Crippen molar-refractivity contribution in [2.24, 2.45) is 0 Å². The summed E-state index contributed by atoms with van der Waals surface area (Å²) in [6.45, 7) is 3.98. The summed E-state index contributed by atoms with van der Waals surface area (Å²) in [5.74, 6) is 0.875. The number of hydrogen-bond donors (Lipinski definition) is 1. The Morgan fingerprint density at radius 2 is 1.92 bits per heavy atom. The Morgan fingerprint density at radius 3 is 2.50 bits per heavy atom. The molecule has 0 radical (unpaired) electrons. The molecular weight excluding hydrogens is 370 g/mol. The van der Waals surface area contributed by atoms with Crippen LogP contribution in [-0.2, 0) is 4.79 Å². The van der Waals surface area contributed by atoms with Crippen LogP contribution in [0.1, 0.15) is 38.6 Å². The van der Waals surface area contributed by atoms with E-state index in [1.807, 2.05) is 49.9 Å². The zero-order valence-electron chi connectivity index (χ0n) is 15.4. The second kappa shape index (κ2) is 7.98. The summed E-state index contributed by atoms with van der Waals surface area (Å²) in [5, 5.41) is 13.0. The molecule has 1 aliphatic rings. The molecule has 1 fully saturated rings. The first-order valence-electron chi connectivity index (χ1n) is 8.71. The summed E-state index contributed by atoms with van der Waals surface area (Å²) in [5.41, 5.74) is 0.931. The van der Waals surface area contributed by atoms with Crippen LogP contribution in [0.4, 0.5) is 0 Å². The summed E-state index contributed by atoms with van der Waals surface area (Å²) in [7, 11) is 4.01. The average molecular weight is 394 g/mol. The number of nitrogens with zero attached hydrogens (tertiary/aromatic N) is 4. The van der Waals surface area contributed by atoms with Gasteiger partial charge in [0.25, 0.3) is 0 Å². The molecule has 0 saturated heterocycles. The zero-order valence-corrected chi connectivity index (χ0v) is 17.0. The number of nitrogens with one attached hydrogen (secondary N) is 1. The number of thioether (sulfide) groups is 1. The van der Waals surface area contributed by atoms with E-state index >= 15 is 0 Å². The minimum Gasteiger partial charge on any atom is -0.352 e. The highest BCUT2D eigenvalue weighted by Crippen LogP contribution is 2.30. The van der Waals surface area contributed by atoms with Crippen molar-refractivity contribution in [3.8, 4) is 5.69 Å². The van der Waals surface area contributed by atoms with Crippen LogP contribution in [-0.4, -0.2) is 51.0 Å². The lowest BCUT2D eigenvalue weighted by Crippen LogP contribution is -2.32. The van der Waals surface area contributed by atoms with Crippen molar-refractivity contribution in [3.63, 3.8) is 0 Å². The van der Waals surface area contributed by atoms with Gasteiger partial charge in [0.15, 0.2) is 11.0 Å². The molecule has 8 heteroatoms. The van der Waals surface area contributed by atoms with Gasteiger partial charge in [-0.1, -0.05) is 23.4 Å². The molecule has 1 aromatic carbocycles. The minimum absolute atomic E-state index is 0.0466. The largest absolute Gasteiger partial charge is 0.352 e. The first-order valence-corrected chi connectivity index (χ1v) is 9.97. The van der Waals surface area contributed by atoms with Gasteiger partial charge in [-0.3, -0.25) is 14.3 Å². The third kappa shape index (κ3) is 4.39. The Balaban J connectivity index is 1.91. The van der Waals surface area contributed by atoms with Crippen molar-refractivity contribution in [3.05, 3.63) is 35.1 Å². The van der Waals surface area contributed by atoms with Gasteiger partial charge in [0.05, 0.1) is 11.3 Å². The Hall–Kier alpha value is -1.57. The van der Waals surface area contributed by atoms with Crippen LogP contribution in [0.2, 0.25) is 5.02 Å². The monoisotopic (exact) mass is 393 g/mol. The number of aromatic nitrogens is 3. The molecule has 2 unspecified atom stereocenters. The van der Waals surface area contributed by atoms with Gasteiger partial charge in [0.1, 0.15) is 0 Å². The molecule has 0 spiro atoms. The highest BCUT2D eigenvalue weighted by atomic mass is 35.5. The van der Waals surface area contributed by atoms with Crippen LogP contribution in [0.15, 0.2) is 29.4 Å². The number of hydrogen-bond acceptors (Lipinski definition) is 5. The molecule has 3 rings (SSSR count). The number of carbonyl (C=O) groups excluding carboxylic acids is 1. The molecule has 1 saturated carbocycles. The molecule has 26 heavy (non-hydrogen) atoms. The predicted molar refractivity (Wildman–Crippen MR) is 105 cm³/mol.